The van der Waals surface area contributed by atoms with E-state index < -0.39 is 11.8 Å². The van der Waals surface area contributed by atoms with Crippen LogP contribution in [0.1, 0.15) is 21.5 Å². The second-order valence-electron chi connectivity index (χ2n) is 5.15. The van der Waals surface area contributed by atoms with Crippen molar-refractivity contribution in [3.8, 4) is 5.69 Å². The SMILES string of the molecule is Cc1ccc(F)cc1C(=O)OCc1ccc(-n2cccn2)cc1. The zero-order valence-corrected chi connectivity index (χ0v) is 12.6. The van der Waals surface area contributed by atoms with Crippen molar-refractivity contribution in [2.75, 3.05) is 0 Å². The lowest BCUT2D eigenvalue weighted by Gasteiger charge is -2.08. The molecule has 0 fully saturated rings. The number of carbonyl (C=O) groups excluding carboxylic acids is 1. The first-order valence-corrected chi connectivity index (χ1v) is 7.16. The zero-order chi connectivity index (χ0) is 16.2. The lowest BCUT2D eigenvalue weighted by atomic mass is 10.1. The van der Waals surface area contributed by atoms with Gasteiger partial charge in [0, 0.05) is 12.4 Å². The standard InChI is InChI=1S/C18H15FN2O2/c1-13-3-6-15(19)11-17(13)18(22)23-12-14-4-7-16(8-5-14)21-10-2-9-20-21/h2-11H,12H2,1H3. The van der Waals surface area contributed by atoms with E-state index in [0.29, 0.717) is 5.56 Å². The highest BCUT2D eigenvalue weighted by molar-refractivity contribution is 5.91. The van der Waals surface area contributed by atoms with Gasteiger partial charge in [-0.3, -0.25) is 0 Å². The molecule has 0 atom stereocenters. The van der Waals surface area contributed by atoms with Gasteiger partial charge in [0.1, 0.15) is 12.4 Å². The van der Waals surface area contributed by atoms with Crippen LogP contribution in [0.4, 0.5) is 4.39 Å². The van der Waals surface area contributed by atoms with Gasteiger partial charge in [0.15, 0.2) is 0 Å². The third-order valence-corrected chi connectivity index (χ3v) is 3.49. The fraction of sp³-hybridized carbons (Fsp3) is 0.111. The molecule has 0 amide bonds. The summed E-state index contributed by atoms with van der Waals surface area (Å²) >= 11 is 0. The van der Waals surface area contributed by atoms with Gasteiger partial charge in [0.25, 0.3) is 0 Å². The Kier molecular flexibility index (Phi) is 4.19. The molecule has 2 aromatic carbocycles. The number of nitrogens with zero attached hydrogens (tertiary/aromatic N) is 2. The van der Waals surface area contributed by atoms with Gasteiger partial charge in [0.05, 0.1) is 11.3 Å². The van der Waals surface area contributed by atoms with Gasteiger partial charge < -0.3 is 4.74 Å². The molecule has 3 aromatic rings. The highest BCUT2D eigenvalue weighted by Gasteiger charge is 2.11. The van der Waals surface area contributed by atoms with Crippen LogP contribution in [0.15, 0.2) is 60.9 Å². The van der Waals surface area contributed by atoms with Gasteiger partial charge in [-0.25, -0.2) is 13.9 Å². The van der Waals surface area contributed by atoms with Crippen LogP contribution in [0.3, 0.4) is 0 Å². The molecule has 116 valence electrons. The van der Waals surface area contributed by atoms with Crippen LogP contribution in [-0.2, 0) is 11.3 Å². The molecule has 0 saturated heterocycles. The fourth-order valence-corrected chi connectivity index (χ4v) is 2.21. The first-order chi connectivity index (χ1) is 11.1. The molecule has 3 rings (SSSR count). The van der Waals surface area contributed by atoms with Crippen molar-refractivity contribution in [3.05, 3.63) is 83.4 Å². The van der Waals surface area contributed by atoms with Crippen molar-refractivity contribution in [1.29, 1.82) is 0 Å². The predicted octanol–water partition coefficient (Wildman–Crippen LogP) is 3.68. The molecule has 1 aromatic heterocycles. The molecule has 0 unspecified atom stereocenters. The van der Waals surface area contributed by atoms with Gasteiger partial charge >= 0.3 is 5.97 Å². The average molecular weight is 310 g/mol. The monoisotopic (exact) mass is 310 g/mol. The number of hydrogen-bond acceptors (Lipinski definition) is 3. The minimum absolute atomic E-state index is 0.133. The van der Waals surface area contributed by atoms with E-state index in [9.17, 15) is 9.18 Å². The van der Waals surface area contributed by atoms with Crippen LogP contribution >= 0.6 is 0 Å². The van der Waals surface area contributed by atoms with Crippen molar-refractivity contribution in [1.82, 2.24) is 9.78 Å². The quantitative estimate of drug-likeness (QED) is 0.691. The number of benzene rings is 2. The lowest BCUT2D eigenvalue weighted by Crippen LogP contribution is -2.07. The summed E-state index contributed by atoms with van der Waals surface area (Å²) in [4.78, 5) is 12.0. The second-order valence-corrected chi connectivity index (χ2v) is 5.15. The Balaban J connectivity index is 1.66. The number of aromatic nitrogens is 2. The van der Waals surface area contributed by atoms with Crippen LogP contribution in [0.2, 0.25) is 0 Å². The van der Waals surface area contributed by atoms with Crippen molar-refractivity contribution in [2.45, 2.75) is 13.5 Å². The minimum atomic E-state index is -0.529. The maximum atomic E-state index is 13.2. The fourth-order valence-electron chi connectivity index (χ4n) is 2.21. The van der Waals surface area contributed by atoms with Crippen LogP contribution in [-0.4, -0.2) is 15.7 Å². The second kappa shape index (κ2) is 6.44. The normalized spacial score (nSPS) is 10.5. The number of carbonyl (C=O) groups is 1. The van der Waals surface area contributed by atoms with Gasteiger partial charge in [-0.1, -0.05) is 18.2 Å². The van der Waals surface area contributed by atoms with E-state index in [-0.39, 0.29) is 12.2 Å². The Morgan fingerprint density at radius 3 is 2.70 bits per heavy atom. The van der Waals surface area contributed by atoms with E-state index in [1.54, 1.807) is 23.9 Å². The molecule has 0 radical (unpaired) electrons. The third-order valence-electron chi connectivity index (χ3n) is 3.49. The van der Waals surface area contributed by atoms with Crippen LogP contribution in [0, 0.1) is 12.7 Å². The smallest absolute Gasteiger partial charge is 0.338 e. The molecule has 0 aliphatic carbocycles. The van der Waals surface area contributed by atoms with Gasteiger partial charge in [-0.05, 0) is 48.4 Å². The number of esters is 1. The van der Waals surface area contributed by atoms with E-state index >= 15 is 0 Å². The molecule has 0 aliphatic rings. The maximum absolute atomic E-state index is 13.2. The number of aryl methyl sites for hydroxylation is 1. The summed E-state index contributed by atoms with van der Waals surface area (Å²) < 4.78 is 20.2. The zero-order valence-electron chi connectivity index (χ0n) is 12.6. The molecule has 0 saturated carbocycles. The largest absolute Gasteiger partial charge is 0.457 e. The highest BCUT2D eigenvalue weighted by Crippen LogP contribution is 2.14. The van der Waals surface area contributed by atoms with E-state index in [2.05, 4.69) is 5.10 Å². The maximum Gasteiger partial charge on any atom is 0.338 e. The van der Waals surface area contributed by atoms with Crippen LogP contribution in [0.5, 0.6) is 0 Å². The van der Waals surface area contributed by atoms with Crippen LogP contribution < -0.4 is 0 Å². The summed E-state index contributed by atoms with van der Waals surface area (Å²) in [6.07, 6.45) is 3.55. The molecule has 5 heteroatoms. The van der Waals surface area contributed by atoms with Crippen molar-refractivity contribution < 1.29 is 13.9 Å². The molecule has 23 heavy (non-hydrogen) atoms. The molecule has 0 spiro atoms. The number of halogens is 1. The summed E-state index contributed by atoms with van der Waals surface area (Å²) in [6, 6.07) is 13.4. The molecular formula is C18H15FN2O2. The molecule has 4 nitrogen and oxygen atoms in total. The van der Waals surface area contributed by atoms with E-state index in [1.807, 2.05) is 36.5 Å². The molecular weight excluding hydrogens is 295 g/mol. The van der Waals surface area contributed by atoms with Gasteiger partial charge in [-0.2, -0.15) is 5.10 Å². The Hall–Kier alpha value is -2.95. The number of rotatable bonds is 4. The number of hydrogen-bond donors (Lipinski definition) is 0. The highest BCUT2D eigenvalue weighted by atomic mass is 19.1. The Morgan fingerprint density at radius 1 is 1.22 bits per heavy atom. The third kappa shape index (κ3) is 3.45. The molecule has 0 bridgehead atoms. The summed E-state index contributed by atoms with van der Waals surface area (Å²) in [5.41, 5.74) is 2.71. The van der Waals surface area contributed by atoms with Crippen LogP contribution in [0.25, 0.3) is 5.69 Å². The summed E-state index contributed by atoms with van der Waals surface area (Å²) in [7, 11) is 0. The van der Waals surface area contributed by atoms with Crippen molar-refractivity contribution >= 4 is 5.97 Å². The molecule has 0 N–H and O–H groups in total. The number of ether oxygens (including phenoxy) is 1. The van der Waals surface area contributed by atoms with Crippen molar-refractivity contribution in [2.24, 2.45) is 0 Å². The minimum Gasteiger partial charge on any atom is -0.457 e. The first kappa shape index (κ1) is 15.0. The summed E-state index contributed by atoms with van der Waals surface area (Å²) in [5.74, 6) is -0.982. The first-order valence-electron chi connectivity index (χ1n) is 7.16. The Bertz CT molecular complexity index is 812. The Morgan fingerprint density at radius 2 is 2.00 bits per heavy atom. The topological polar surface area (TPSA) is 44.1 Å². The molecule has 1 heterocycles. The summed E-state index contributed by atoms with van der Waals surface area (Å²) in [5, 5.41) is 4.14. The van der Waals surface area contributed by atoms with Crippen molar-refractivity contribution in [3.63, 3.8) is 0 Å². The average Bonchev–Trinajstić information content (AvgIpc) is 3.10. The predicted molar refractivity (Wildman–Crippen MR) is 83.8 cm³/mol. The Labute approximate surface area is 133 Å². The molecule has 0 aliphatic heterocycles. The van der Waals surface area contributed by atoms with Gasteiger partial charge in [-0.15, -0.1) is 0 Å². The van der Waals surface area contributed by atoms with E-state index in [4.69, 9.17) is 4.74 Å². The van der Waals surface area contributed by atoms with Gasteiger partial charge in [0.2, 0.25) is 0 Å². The van der Waals surface area contributed by atoms with E-state index in [0.717, 1.165) is 11.3 Å². The summed E-state index contributed by atoms with van der Waals surface area (Å²) in [6.45, 7) is 1.88. The lowest BCUT2D eigenvalue weighted by molar-refractivity contribution is 0.0471. The van der Waals surface area contributed by atoms with E-state index in [1.165, 1.54) is 12.1 Å².